The maximum Gasteiger partial charge on any atom is -0.0159 e. The first-order valence-corrected chi connectivity index (χ1v) is 5.36. The molecular weight excluding hydrogens is 204 g/mol. The van der Waals surface area contributed by atoms with Crippen molar-refractivity contribution in [2.75, 3.05) is 0 Å². The first-order valence-electron chi connectivity index (χ1n) is 5.36. The number of rotatable bonds is 4. The van der Waals surface area contributed by atoms with Gasteiger partial charge in [0, 0.05) is 0 Å². The second kappa shape index (κ2) is 13.8. The summed E-state index contributed by atoms with van der Waals surface area (Å²) < 4.78 is 0. The standard InChI is InChI=1S/C10H22.2CNO/c1-6-7-8-10(4,5)9(2)3;2*2-1-3/h9H,6-8H2,1-5H3;;/q;2*-1. The van der Waals surface area contributed by atoms with Crippen molar-refractivity contribution in [3.8, 4) is 0 Å². The van der Waals surface area contributed by atoms with Crippen molar-refractivity contribution < 1.29 is 9.59 Å². The highest BCUT2D eigenvalue weighted by Crippen LogP contribution is 2.31. The van der Waals surface area contributed by atoms with Gasteiger partial charge in [0.1, 0.15) is 0 Å². The average molecular weight is 226 g/mol. The molecular formula is C12H22N2O2-2. The van der Waals surface area contributed by atoms with Crippen molar-refractivity contribution in [3.05, 3.63) is 10.8 Å². The van der Waals surface area contributed by atoms with Crippen molar-refractivity contribution in [2.24, 2.45) is 11.3 Å². The lowest BCUT2D eigenvalue weighted by Gasteiger charge is -2.28. The minimum Gasteiger partial charge on any atom is -0.724 e. The predicted molar refractivity (Wildman–Crippen MR) is 66.2 cm³/mol. The Hall–Kier alpha value is -1.24. The van der Waals surface area contributed by atoms with Crippen LogP contribution in [-0.4, -0.2) is 12.2 Å². The largest absolute Gasteiger partial charge is 0.724 e. The van der Waals surface area contributed by atoms with E-state index in [4.69, 9.17) is 20.4 Å². The number of carbonyl (C=O) groups excluding carboxylic acids is 2. The van der Waals surface area contributed by atoms with E-state index in [1.54, 1.807) is 0 Å². The summed E-state index contributed by atoms with van der Waals surface area (Å²) in [4.78, 5) is 16.5. The van der Waals surface area contributed by atoms with Crippen LogP contribution in [0.4, 0.5) is 0 Å². The molecule has 0 unspecified atom stereocenters. The molecule has 16 heavy (non-hydrogen) atoms. The molecule has 0 amide bonds. The molecule has 0 aliphatic carbocycles. The Kier molecular flexibility index (Phi) is 17.4. The lowest BCUT2D eigenvalue weighted by atomic mass is 9.77. The highest BCUT2D eigenvalue weighted by Gasteiger charge is 2.20. The highest BCUT2D eigenvalue weighted by molar-refractivity contribution is 5.37. The third kappa shape index (κ3) is 18.5. The van der Waals surface area contributed by atoms with E-state index in [1.165, 1.54) is 19.3 Å². The van der Waals surface area contributed by atoms with E-state index in [-0.39, 0.29) is 0 Å². The zero-order valence-corrected chi connectivity index (χ0v) is 10.9. The summed E-state index contributed by atoms with van der Waals surface area (Å²) in [5.74, 6) is 0.819. The van der Waals surface area contributed by atoms with E-state index >= 15 is 0 Å². The van der Waals surface area contributed by atoms with Gasteiger partial charge in [0.05, 0.1) is 0 Å². The minimum atomic E-state index is 0.500. The maximum absolute atomic E-state index is 8.24. The van der Waals surface area contributed by atoms with E-state index in [0.717, 1.165) is 5.92 Å². The molecule has 0 aromatic rings. The van der Waals surface area contributed by atoms with Gasteiger partial charge in [-0.1, -0.05) is 47.5 Å². The molecule has 0 aromatic heterocycles. The van der Waals surface area contributed by atoms with Gasteiger partial charge < -0.3 is 10.8 Å². The van der Waals surface area contributed by atoms with Crippen LogP contribution in [0.3, 0.4) is 0 Å². The monoisotopic (exact) mass is 226 g/mol. The van der Waals surface area contributed by atoms with Gasteiger partial charge in [0.2, 0.25) is 0 Å². The third-order valence-electron chi connectivity index (χ3n) is 2.74. The molecule has 0 spiro atoms. The summed E-state index contributed by atoms with van der Waals surface area (Å²) in [7, 11) is 0. The van der Waals surface area contributed by atoms with E-state index in [2.05, 4.69) is 34.6 Å². The Balaban J connectivity index is -0.000000235. The second-order valence-corrected chi connectivity index (χ2v) is 4.43. The van der Waals surface area contributed by atoms with Gasteiger partial charge in [-0.2, -0.15) is 0 Å². The van der Waals surface area contributed by atoms with Crippen LogP contribution < -0.4 is 0 Å². The number of hydrogen-bond donors (Lipinski definition) is 0. The van der Waals surface area contributed by atoms with Crippen molar-refractivity contribution in [3.63, 3.8) is 0 Å². The Morgan fingerprint density at radius 2 is 1.44 bits per heavy atom. The summed E-state index contributed by atoms with van der Waals surface area (Å²) in [6.07, 6.45) is 5.09. The summed E-state index contributed by atoms with van der Waals surface area (Å²) in [5, 5.41) is 13.5. The molecule has 0 aromatic carbocycles. The molecule has 0 rings (SSSR count). The zero-order valence-electron chi connectivity index (χ0n) is 10.9. The number of isocyanates is 2. The Labute approximate surface area is 98.5 Å². The molecule has 0 saturated carbocycles. The summed E-state index contributed by atoms with van der Waals surface area (Å²) in [6, 6.07) is 0. The Bertz CT molecular complexity index is 199. The van der Waals surface area contributed by atoms with E-state index in [9.17, 15) is 0 Å². The van der Waals surface area contributed by atoms with Gasteiger partial charge in [0.15, 0.2) is 0 Å². The number of nitrogens with zero attached hydrogens (tertiary/aromatic N) is 2. The molecule has 0 aliphatic rings. The smallest absolute Gasteiger partial charge is 0.0159 e. The van der Waals surface area contributed by atoms with Crippen molar-refractivity contribution in [1.82, 2.24) is 0 Å². The van der Waals surface area contributed by atoms with Crippen LogP contribution in [0.5, 0.6) is 0 Å². The SMILES string of the molecule is CCCCC(C)(C)C(C)C.[N-]=C=O.[N-]=C=O. The lowest BCUT2D eigenvalue weighted by molar-refractivity contribution is 0.223. The van der Waals surface area contributed by atoms with E-state index in [0.29, 0.717) is 17.6 Å². The van der Waals surface area contributed by atoms with Crippen molar-refractivity contribution >= 4 is 12.2 Å². The minimum absolute atomic E-state index is 0.500. The molecule has 0 radical (unpaired) electrons. The highest BCUT2D eigenvalue weighted by atomic mass is 16.1. The second-order valence-electron chi connectivity index (χ2n) is 4.43. The number of unbranched alkanes of at least 4 members (excludes halogenated alkanes) is 1. The fourth-order valence-electron chi connectivity index (χ4n) is 0.921. The van der Waals surface area contributed by atoms with Gasteiger partial charge in [-0.3, -0.25) is 9.59 Å². The van der Waals surface area contributed by atoms with E-state index < -0.39 is 0 Å². The average Bonchev–Trinajstić information content (AvgIpc) is 2.17. The fraction of sp³-hybridized carbons (Fsp3) is 0.833. The topological polar surface area (TPSA) is 78.7 Å². The molecule has 0 aliphatic heterocycles. The van der Waals surface area contributed by atoms with Crippen LogP contribution in [0.2, 0.25) is 0 Å². The lowest BCUT2D eigenvalue weighted by Crippen LogP contribution is -2.18. The molecule has 0 bridgehead atoms. The fourth-order valence-corrected chi connectivity index (χ4v) is 0.921. The Morgan fingerprint density at radius 1 is 1.12 bits per heavy atom. The molecule has 0 N–H and O–H groups in total. The van der Waals surface area contributed by atoms with E-state index in [1.807, 2.05) is 0 Å². The van der Waals surface area contributed by atoms with Crippen molar-refractivity contribution in [2.45, 2.75) is 53.9 Å². The van der Waals surface area contributed by atoms with Gasteiger partial charge in [0.25, 0.3) is 0 Å². The molecule has 0 atom stereocenters. The normalized spacial score (nSPS) is 8.88. The van der Waals surface area contributed by atoms with Crippen LogP contribution in [-0.2, 0) is 9.59 Å². The van der Waals surface area contributed by atoms with Crippen LogP contribution in [0.25, 0.3) is 10.8 Å². The molecule has 4 heteroatoms. The summed E-state index contributed by atoms with van der Waals surface area (Å²) in [5.41, 5.74) is 0.552. The third-order valence-corrected chi connectivity index (χ3v) is 2.74. The maximum atomic E-state index is 8.24. The first-order chi connectivity index (χ1) is 7.33. The summed E-state index contributed by atoms with van der Waals surface area (Å²) in [6.45, 7) is 11.6. The Morgan fingerprint density at radius 3 is 1.62 bits per heavy atom. The molecule has 0 fully saturated rings. The zero-order chi connectivity index (χ0) is 13.6. The van der Waals surface area contributed by atoms with Gasteiger partial charge in [-0.15, -0.1) is 0 Å². The predicted octanol–water partition coefficient (Wildman–Crippen LogP) is 3.64. The van der Waals surface area contributed by atoms with Crippen LogP contribution in [0, 0.1) is 11.3 Å². The molecule has 94 valence electrons. The van der Waals surface area contributed by atoms with Crippen LogP contribution >= 0.6 is 0 Å². The molecule has 0 heterocycles. The van der Waals surface area contributed by atoms with Gasteiger partial charge in [-0.05, 0) is 29.9 Å². The first kappa shape index (κ1) is 20.2. The summed E-state index contributed by atoms with van der Waals surface area (Å²) >= 11 is 0. The van der Waals surface area contributed by atoms with Gasteiger partial charge >= 0.3 is 0 Å². The number of hydrogen-bond acceptors (Lipinski definition) is 2. The van der Waals surface area contributed by atoms with Gasteiger partial charge in [-0.25, -0.2) is 0 Å². The van der Waals surface area contributed by atoms with Crippen LogP contribution in [0.15, 0.2) is 0 Å². The molecule has 4 nitrogen and oxygen atoms in total. The van der Waals surface area contributed by atoms with Crippen LogP contribution in [0.1, 0.15) is 53.9 Å². The quantitative estimate of drug-likeness (QED) is 0.541. The molecule has 0 saturated heterocycles. The van der Waals surface area contributed by atoms with Crippen molar-refractivity contribution in [1.29, 1.82) is 0 Å².